The van der Waals surface area contributed by atoms with Crippen molar-refractivity contribution in [2.45, 2.75) is 20.3 Å². The van der Waals surface area contributed by atoms with Gasteiger partial charge in [0, 0.05) is 5.69 Å². The molecule has 0 spiro atoms. The van der Waals surface area contributed by atoms with E-state index in [1.807, 2.05) is 55.5 Å². The van der Waals surface area contributed by atoms with Crippen molar-refractivity contribution < 1.29 is 14.3 Å². The Morgan fingerprint density at radius 1 is 1.10 bits per heavy atom. The minimum Gasteiger partial charge on any atom is -0.497 e. The summed E-state index contributed by atoms with van der Waals surface area (Å²) in [6.45, 7) is 4.41. The molecule has 2 aromatic heterocycles. The third-order valence-corrected chi connectivity index (χ3v) is 5.23. The Hall–Kier alpha value is -3.61. The summed E-state index contributed by atoms with van der Waals surface area (Å²) >= 11 is 0. The number of anilines is 1. The van der Waals surface area contributed by atoms with Crippen LogP contribution in [0.2, 0.25) is 0 Å². The zero-order valence-corrected chi connectivity index (χ0v) is 17.3. The molecule has 0 aliphatic carbocycles. The van der Waals surface area contributed by atoms with Crippen molar-refractivity contribution in [1.82, 2.24) is 14.5 Å². The number of para-hydroxylation sites is 2. The first kappa shape index (κ1) is 19.7. The van der Waals surface area contributed by atoms with E-state index in [1.54, 1.807) is 11.7 Å². The first-order chi connectivity index (χ1) is 14.5. The van der Waals surface area contributed by atoms with Gasteiger partial charge in [-0.1, -0.05) is 32.4 Å². The van der Waals surface area contributed by atoms with Gasteiger partial charge in [-0.25, -0.2) is 14.8 Å². The van der Waals surface area contributed by atoms with Crippen molar-refractivity contribution in [3.63, 3.8) is 0 Å². The van der Waals surface area contributed by atoms with Gasteiger partial charge in [-0.15, -0.1) is 0 Å². The van der Waals surface area contributed by atoms with Crippen molar-refractivity contribution in [1.29, 1.82) is 0 Å². The van der Waals surface area contributed by atoms with Crippen molar-refractivity contribution in [2.75, 3.05) is 19.5 Å². The molecule has 0 unspecified atom stereocenters. The quantitative estimate of drug-likeness (QED) is 0.480. The summed E-state index contributed by atoms with van der Waals surface area (Å²) in [7, 11) is 1.61. The molecule has 154 valence electrons. The second-order valence-electron chi connectivity index (χ2n) is 7.29. The van der Waals surface area contributed by atoms with Gasteiger partial charge < -0.3 is 15.2 Å². The van der Waals surface area contributed by atoms with Crippen LogP contribution in [0.15, 0.2) is 48.5 Å². The average Bonchev–Trinajstić information content (AvgIpc) is 3.06. The number of benzene rings is 2. The highest BCUT2D eigenvalue weighted by Gasteiger charge is 2.26. The van der Waals surface area contributed by atoms with Gasteiger partial charge in [0.25, 0.3) is 0 Å². The van der Waals surface area contributed by atoms with E-state index >= 15 is 0 Å². The average molecular weight is 404 g/mol. The van der Waals surface area contributed by atoms with Crippen LogP contribution >= 0.6 is 0 Å². The van der Waals surface area contributed by atoms with Crippen LogP contribution in [0.4, 0.5) is 5.82 Å². The molecule has 0 fully saturated rings. The summed E-state index contributed by atoms with van der Waals surface area (Å²) < 4.78 is 12.5. The Labute approximate surface area is 174 Å². The molecule has 2 aromatic carbocycles. The molecule has 1 atom stereocenters. The fourth-order valence-electron chi connectivity index (χ4n) is 3.26. The van der Waals surface area contributed by atoms with E-state index in [-0.39, 0.29) is 17.3 Å². The summed E-state index contributed by atoms with van der Waals surface area (Å²) in [6, 6.07) is 14.9. The monoisotopic (exact) mass is 404 g/mol. The van der Waals surface area contributed by atoms with Crippen molar-refractivity contribution >= 4 is 34.0 Å². The maximum Gasteiger partial charge on any atom is 0.344 e. The summed E-state index contributed by atoms with van der Waals surface area (Å²) in [4.78, 5) is 22.4. The van der Waals surface area contributed by atoms with Gasteiger partial charge in [-0.05, 0) is 42.3 Å². The number of esters is 1. The first-order valence-corrected chi connectivity index (χ1v) is 9.91. The molecule has 0 saturated heterocycles. The van der Waals surface area contributed by atoms with E-state index < -0.39 is 5.97 Å². The minimum absolute atomic E-state index is 0.238. The number of nitrogens with two attached hydrogens (primary N) is 1. The van der Waals surface area contributed by atoms with Gasteiger partial charge in [0.1, 0.15) is 22.6 Å². The topological polar surface area (TPSA) is 92.3 Å². The van der Waals surface area contributed by atoms with E-state index in [0.29, 0.717) is 23.3 Å². The highest BCUT2D eigenvalue weighted by molar-refractivity contribution is 6.09. The molecule has 0 amide bonds. The zero-order chi connectivity index (χ0) is 21.3. The van der Waals surface area contributed by atoms with Gasteiger partial charge in [0.05, 0.1) is 24.8 Å². The lowest BCUT2D eigenvalue weighted by Gasteiger charge is -2.10. The fraction of sp³-hybridized carbons (Fsp3) is 0.261. The lowest BCUT2D eigenvalue weighted by Crippen LogP contribution is -2.13. The number of carbonyl (C=O) groups is 1. The molecule has 2 heterocycles. The van der Waals surface area contributed by atoms with Gasteiger partial charge in [-0.2, -0.15) is 0 Å². The number of ether oxygens (including phenoxy) is 2. The van der Waals surface area contributed by atoms with E-state index in [4.69, 9.17) is 25.2 Å². The van der Waals surface area contributed by atoms with Crippen LogP contribution in [0.25, 0.3) is 27.9 Å². The third kappa shape index (κ3) is 3.43. The van der Waals surface area contributed by atoms with Gasteiger partial charge >= 0.3 is 5.97 Å². The van der Waals surface area contributed by atoms with E-state index in [1.165, 1.54) is 0 Å². The number of fused-ring (bicyclic) bond motifs is 2. The number of nitrogen functional groups attached to an aromatic ring is 1. The lowest BCUT2D eigenvalue weighted by molar-refractivity contribution is 0.0450. The summed E-state index contributed by atoms with van der Waals surface area (Å²) in [5, 5.41) is 0. The normalized spacial score (nSPS) is 12.2. The largest absolute Gasteiger partial charge is 0.497 e. The predicted octanol–water partition coefficient (Wildman–Crippen LogP) is 4.37. The van der Waals surface area contributed by atoms with Crippen LogP contribution in [-0.4, -0.2) is 34.2 Å². The van der Waals surface area contributed by atoms with E-state index in [9.17, 15) is 4.79 Å². The second kappa shape index (κ2) is 8.02. The Morgan fingerprint density at radius 3 is 2.40 bits per heavy atom. The molecular weight excluding hydrogens is 380 g/mol. The molecule has 7 nitrogen and oxygen atoms in total. The van der Waals surface area contributed by atoms with Gasteiger partial charge in [-0.3, -0.25) is 4.57 Å². The highest BCUT2D eigenvalue weighted by atomic mass is 16.5. The molecule has 4 aromatic rings. The molecule has 0 aliphatic heterocycles. The molecular formula is C23H24N4O3. The number of carbonyl (C=O) groups excluding carboxylic acids is 1. The van der Waals surface area contributed by atoms with Crippen LogP contribution in [0, 0.1) is 5.92 Å². The lowest BCUT2D eigenvalue weighted by atomic mass is 10.1. The summed E-state index contributed by atoms with van der Waals surface area (Å²) in [5.41, 5.74) is 9.80. The Morgan fingerprint density at radius 2 is 1.77 bits per heavy atom. The Bertz CT molecular complexity index is 1210. The fourth-order valence-corrected chi connectivity index (χ4v) is 3.26. The van der Waals surface area contributed by atoms with Crippen LogP contribution in [0.3, 0.4) is 0 Å². The third-order valence-electron chi connectivity index (χ3n) is 5.23. The number of methoxy groups -OCH3 is 1. The summed E-state index contributed by atoms with van der Waals surface area (Å²) in [6.07, 6.45) is 0.917. The van der Waals surface area contributed by atoms with Crippen LogP contribution in [0.1, 0.15) is 30.6 Å². The maximum atomic E-state index is 13.0. The Balaban J connectivity index is 1.92. The van der Waals surface area contributed by atoms with E-state index in [0.717, 1.165) is 23.4 Å². The van der Waals surface area contributed by atoms with Crippen LogP contribution in [0.5, 0.6) is 5.75 Å². The van der Waals surface area contributed by atoms with E-state index in [2.05, 4.69) is 6.92 Å². The van der Waals surface area contributed by atoms with Crippen LogP contribution < -0.4 is 10.5 Å². The van der Waals surface area contributed by atoms with Crippen molar-refractivity contribution in [2.24, 2.45) is 5.92 Å². The second-order valence-corrected chi connectivity index (χ2v) is 7.29. The molecule has 0 aliphatic rings. The number of hydrogen-bond donors (Lipinski definition) is 1. The molecule has 7 heteroatoms. The predicted molar refractivity (Wildman–Crippen MR) is 117 cm³/mol. The first-order valence-electron chi connectivity index (χ1n) is 9.91. The zero-order valence-electron chi connectivity index (χ0n) is 17.3. The molecule has 4 rings (SSSR count). The standard InChI is InChI=1S/C23H24N4O3/c1-4-14(2)13-30-23(28)19-20-22(26-18-8-6-5-7-17(18)25-20)27(21(19)24)15-9-11-16(29-3)12-10-15/h5-12,14H,4,13,24H2,1-3H3/t14-/m1/s1. The molecule has 0 radical (unpaired) electrons. The molecule has 30 heavy (non-hydrogen) atoms. The number of nitrogens with zero attached hydrogens (tertiary/aromatic N) is 3. The smallest absolute Gasteiger partial charge is 0.344 e. The number of aromatic nitrogens is 3. The van der Waals surface area contributed by atoms with Gasteiger partial charge in [0.15, 0.2) is 5.65 Å². The van der Waals surface area contributed by atoms with Crippen LogP contribution in [-0.2, 0) is 4.74 Å². The highest BCUT2D eigenvalue weighted by Crippen LogP contribution is 2.32. The number of hydrogen-bond acceptors (Lipinski definition) is 6. The summed E-state index contributed by atoms with van der Waals surface area (Å²) in [5.74, 6) is 0.741. The van der Waals surface area contributed by atoms with Gasteiger partial charge in [0.2, 0.25) is 0 Å². The Kier molecular flexibility index (Phi) is 5.27. The molecule has 0 saturated carbocycles. The molecule has 2 N–H and O–H groups in total. The molecule has 0 bridgehead atoms. The van der Waals surface area contributed by atoms with Crippen molar-refractivity contribution in [3.05, 3.63) is 54.1 Å². The van der Waals surface area contributed by atoms with Crippen molar-refractivity contribution in [3.8, 4) is 11.4 Å². The SMILES string of the molecule is CC[C@@H](C)COC(=O)c1c(N)n(-c2ccc(OC)cc2)c2nc3ccccc3nc12. The minimum atomic E-state index is -0.491. The maximum absolute atomic E-state index is 13.0. The number of rotatable bonds is 6.